The van der Waals surface area contributed by atoms with E-state index in [1.807, 2.05) is 4.90 Å². The highest BCUT2D eigenvalue weighted by molar-refractivity contribution is 5.99. The molecule has 0 saturated heterocycles. The lowest BCUT2D eigenvalue weighted by molar-refractivity contribution is -0.134. The summed E-state index contributed by atoms with van der Waals surface area (Å²) in [6.07, 6.45) is 5.41. The molecule has 2 aromatic carbocycles. The van der Waals surface area contributed by atoms with Crippen molar-refractivity contribution in [1.29, 1.82) is 0 Å². The number of carbonyl (C=O) groups is 2. The topological polar surface area (TPSA) is 117 Å². The van der Waals surface area contributed by atoms with Gasteiger partial charge in [0.1, 0.15) is 5.56 Å². The molecule has 184 valence electrons. The Hall–Kier alpha value is -3.78. The molecule has 35 heavy (non-hydrogen) atoms. The minimum atomic E-state index is -1.27. The van der Waals surface area contributed by atoms with E-state index in [-0.39, 0.29) is 17.4 Å². The van der Waals surface area contributed by atoms with Gasteiger partial charge in [0.15, 0.2) is 11.5 Å². The molecule has 0 radical (unpaired) electrons. The highest BCUT2D eigenvalue weighted by Crippen LogP contribution is 2.41. The molecule has 5 rings (SSSR count). The predicted molar refractivity (Wildman–Crippen MR) is 135 cm³/mol. The van der Waals surface area contributed by atoms with Gasteiger partial charge < -0.3 is 25.2 Å². The molecule has 0 fully saturated rings. The summed E-state index contributed by atoms with van der Waals surface area (Å²) < 4.78 is 0. The monoisotopic (exact) mass is 477 g/mol. The number of hydrogen-bond donors (Lipinski definition) is 4. The van der Waals surface area contributed by atoms with Gasteiger partial charge in [-0.2, -0.15) is 0 Å². The van der Waals surface area contributed by atoms with Gasteiger partial charge in [0.05, 0.1) is 5.92 Å². The van der Waals surface area contributed by atoms with E-state index >= 15 is 0 Å². The highest BCUT2D eigenvalue weighted by atomic mass is 16.4. The van der Waals surface area contributed by atoms with Crippen molar-refractivity contribution in [3.8, 4) is 11.5 Å². The summed E-state index contributed by atoms with van der Waals surface area (Å²) in [4.78, 5) is 30.9. The smallest absolute Gasteiger partial charge is 0.339 e. The Bertz CT molecular complexity index is 1290. The van der Waals surface area contributed by atoms with E-state index in [1.165, 1.54) is 45.8 Å². The summed E-state index contributed by atoms with van der Waals surface area (Å²) in [5.74, 6) is -2.08. The van der Waals surface area contributed by atoms with Crippen LogP contribution in [-0.4, -0.2) is 74.7 Å². The summed E-state index contributed by atoms with van der Waals surface area (Å²) in [5, 5.41) is 27.5. The fraction of sp³-hybridized carbons (Fsp3) is 0.333. The highest BCUT2D eigenvalue weighted by Gasteiger charge is 2.36. The Balaban J connectivity index is 0.000000221. The second-order valence-electron chi connectivity index (χ2n) is 8.92. The van der Waals surface area contributed by atoms with Gasteiger partial charge in [0.25, 0.3) is 0 Å². The van der Waals surface area contributed by atoms with E-state index in [2.05, 4.69) is 61.3 Å². The number of carbonyl (C=O) groups excluding carboxylic acids is 1. The molecular formula is C27H31N3O5. The van der Waals surface area contributed by atoms with Crippen LogP contribution < -0.4 is 0 Å². The maximum Gasteiger partial charge on any atom is 0.339 e. The number of carboxylic acid groups (broad SMARTS) is 1. The van der Waals surface area contributed by atoms with Gasteiger partial charge >= 0.3 is 5.97 Å². The van der Waals surface area contributed by atoms with Crippen LogP contribution in [0.5, 0.6) is 11.5 Å². The molecule has 2 aliphatic rings. The van der Waals surface area contributed by atoms with Crippen LogP contribution >= 0.6 is 0 Å². The maximum absolute atomic E-state index is 12.9. The van der Waals surface area contributed by atoms with E-state index in [1.54, 1.807) is 0 Å². The Labute approximate surface area is 204 Å². The number of amides is 1. The lowest BCUT2D eigenvalue weighted by Gasteiger charge is -2.40. The molecule has 0 unspecified atom stereocenters. The van der Waals surface area contributed by atoms with Gasteiger partial charge in [-0.15, -0.1) is 0 Å². The molecule has 8 nitrogen and oxygen atoms in total. The first-order valence-electron chi connectivity index (χ1n) is 11.8. The van der Waals surface area contributed by atoms with Crippen LogP contribution in [0.25, 0.3) is 16.5 Å². The number of aromatic carboxylic acids is 1. The third-order valence-electron chi connectivity index (χ3n) is 6.91. The molecule has 3 aromatic rings. The van der Waals surface area contributed by atoms with Gasteiger partial charge in [-0.3, -0.25) is 9.69 Å². The lowest BCUT2D eigenvalue weighted by Crippen LogP contribution is -2.47. The summed E-state index contributed by atoms with van der Waals surface area (Å²) in [6.45, 7) is 6.47. The normalized spacial score (nSPS) is 18.8. The molecule has 4 N–H and O–H groups in total. The average molecular weight is 478 g/mol. The second-order valence-corrected chi connectivity index (χ2v) is 8.92. The average Bonchev–Trinajstić information content (AvgIpc) is 3.26. The predicted octanol–water partition coefficient (Wildman–Crippen LogP) is 3.70. The zero-order chi connectivity index (χ0) is 25.3. The van der Waals surface area contributed by atoms with E-state index in [4.69, 9.17) is 15.3 Å². The minimum Gasteiger partial charge on any atom is -0.504 e. The summed E-state index contributed by atoms with van der Waals surface area (Å²) in [6, 6.07) is 10.6. The largest absolute Gasteiger partial charge is 0.504 e. The minimum absolute atomic E-state index is 0.0445. The molecular weight excluding hydrogens is 446 g/mol. The maximum atomic E-state index is 12.9. The quantitative estimate of drug-likeness (QED) is 0.426. The summed E-state index contributed by atoms with van der Waals surface area (Å²) >= 11 is 0. The Kier molecular flexibility index (Phi) is 6.84. The molecule has 1 aromatic heterocycles. The lowest BCUT2D eigenvalue weighted by atomic mass is 9.79. The standard InChI is InChI=1S/C20H25N3O.C7H6O4/c1-4-23(5-2)20(24)14-9-16-15-7-6-8-17-19(15)13(11-21-17)10-18(16)22(3)12-14;8-5-3-1-2-4(6(5)9)7(10)11/h6-9,11,14,18,21H,4-5,10,12H2,1-3H3;1-3,8-9H,(H,10,11)/t14-,18-;/m1./s1. The van der Waals surface area contributed by atoms with Gasteiger partial charge in [-0.1, -0.05) is 24.3 Å². The first kappa shape index (κ1) is 24.3. The number of benzene rings is 2. The number of nitrogens with zero attached hydrogens (tertiary/aromatic N) is 2. The van der Waals surface area contributed by atoms with Gasteiger partial charge in [-0.25, -0.2) is 4.79 Å². The van der Waals surface area contributed by atoms with E-state index < -0.39 is 17.5 Å². The SMILES string of the molecule is CCN(CC)C(=O)[C@@H]1C=C2c3cccc4[nH]cc(c34)C[C@H]2N(C)C1.O=C(O)c1cccc(O)c1O. The number of hydrogen-bond acceptors (Lipinski definition) is 5. The van der Waals surface area contributed by atoms with Crippen molar-refractivity contribution in [3.63, 3.8) is 0 Å². The number of aromatic amines is 1. The van der Waals surface area contributed by atoms with Crippen molar-refractivity contribution in [2.45, 2.75) is 26.3 Å². The van der Waals surface area contributed by atoms with Crippen molar-refractivity contribution in [2.24, 2.45) is 5.92 Å². The number of likely N-dealkylation sites (N-methyl/N-ethyl adjacent to an activating group) is 1. The Morgan fingerprint density at radius 2 is 1.83 bits per heavy atom. The molecule has 1 aliphatic heterocycles. The number of carboxylic acids is 1. The number of rotatable bonds is 4. The third-order valence-corrected chi connectivity index (χ3v) is 6.91. The van der Waals surface area contributed by atoms with Crippen molar-refractivity contribution in [3.05, 3.63) is 65.4 Å². The number of fused-ring (bicyclic) bond motifs is 2. The van der Waals surface area contributed by atoms with Crippen LogP contribution in [0.15, 0.2) is 48.7 Å². The molecule has 1 aliphatic carbocycles. The zero-order valence-electron chi connectivity index (χ0n) is 20.2. The molecule has 0 spiro atoms. The number of phenolic OH excluding ortho intramolecular Hbond substituents is 1. The van der Waals surface area contributed by atoms with Crippen LogP contribution in [0.3, 0.4) is 0 Å². The Morgan fingerprint density at radius 1 is 1.11 bits per heavy atom. The fourth-order valence-corrected chi connectivity index (χ4v) is 5.08. The first-order chi connectivity index (χ1) is 16.8. The van der Waals surface area contributed by atoms with Crippen molar-refractivity contribution in [1.82, 2.24) is 14.8 Å². The van der Waals surface area contributed by atoms with Crippen LogP contribution in [0, 0.1) is 5.92 Å². The molecule has 0 bridgehead atoms. The number of nitrogens with one attached hydrogen (secondary N) is 1. The van der Waals surface area contributed by atoms with Gasteiger partial charge in [0, 0.05) is 42.8 Å². The van der Waals surface area contributed by atoms with E-state index in [0.29, 0.717) is 6.04 Å². The molecule has 2 heterocycles. The number of aromatic nitrogens is 1. The van der Waals surface area contributed by atoms with Crippen molar-refractivity contribution in [2.75, 3.05) is 26.7 Å². The number of aromatic hydroxyl groups is 2. The number of phenols is 2. The third kappa shape index (κ3) is 4.49. The van der Waals surface area contributed by atoms with Crippen molar-refractivity contribution >= 4 is 28.4 Å². The number of H-pyrrole nitrogens is 1. The molecule has 0 saturated carbocycles. The number of para-hydroxylation sites is 1. The van der Waals surface area contributed by atoms with Gasteiger partial charge in [0.2, 0.25) is 5.91 Å². The summed E-state index contributed by atoms with van der Waals surface area (Å²) in [5.41, 5.74) is 4.91. The van der Waals surface area contributed by atoms with Gasteiger partial charge in [-0.05, 0) is 62.2 Å². The summed E-state index contributed by atoms with van der Waals surface area (Å²) in [7, 11) is 2.15. The zero-order valence-corrected chi connectivity index (χ0v) is 20.2. The second kappa shape index (κ2) is 9.84. The van der Waals surface area contributed by atoms with Crippen LogP contribution in [0.2, 0.25) is 0 Å². The first-order valence-corrected chi connectivity index (χ1v) is 11.8. The molecule has 8 heteroatoms. The molecule has 1 amide bonds. The van der Waals surface area contributed by atoms with Crippen LogP contribution in [-0.2, 0) is 11.2 Å². The fourth-order valence-electron chi connectivity index (χ4n) is 5.08. The van der Waals surface area contributed by atoms with E-state index in [9.17, 15) is 9.59 Å². The van der Waals surface area contributed by atoms with Crippen molar-refractivity contribution < 1.29 is 24.9 Å². The van der Waals surface area contributed by atoms with Crippen LogP contribution in [0.1, 0.15) is 35.3 Å². The Morgan fingerprint density at radius 3 is 2.49 bits per heavy atom. The van der Waals surface area contributed by atoms with E-state index in [0.717, 1.165) is 26.1 Å². The van der Waals surface area contributed by atoms with Crippen LogP contribution in [0.4, 0.5) is 0 Å². The molecule has 2 atom stereocenters.